The number of benzene rings is 1. The molecule has 0 saturated carbocycles. The molecule has 5 heteroatoms. The first-order valence-corrected chi connectivity index (χ1v) is 5.70. The van der Waals surface area contributed by atoms with E-state index >= 15 is 0 Å². The number of hydrogen-bond acceptors (Lipinski definition) is 3. The average molecular weight is 283 g/mol. The molecule has 0 unspecified atom stereocenters. The van der Waals surface area contributed by atoms with Gasteiger partial charge in [-0.1, -0.05) is 6.07 Å². The van der Waals surface area contributed by atoms with E-state index in [2.05, 4.69) is 30.6 Å². The van der Waals surface area contributed by atoms with Crippen LogP contribution in [0.2, 0.25) is 0 Å². The van der Waals surface area contributed by atoms with Crippen molar-refractivity contribution < 1.29 is 9.53 Å². The van der Waals surface area contributed by atoms with Crippen molar-refractivity contribution in [2.45, 2.75) is 12.8 Å². The molecule has 16 heavy (non-hydrogen) atoms. The molecule has 0 aliphatic heterocycles. The van der Waals surface area contributed by atoms with Crippen LogP contribution in [0.3, 0.4) is 0 Å². The number of para-hydroxylation sites is 1. The number of aryl methyl sites for hydroxylation is 1. The van der Waals surface area contributed by atoms with Crippen LogP contribution in [0.5, 0.6) is 0 Å². The molecule has 84 valence electrons. The number of aromatic amines is 1. The van der Waals surface area contributed by atoms with E-state index in [0.717, 1.165) is 21.3 Å². The lowest BCUT2D eigenvalue weighted by Gasteiger charge is -1.95. The predicted octanol–water partition coefficient (Wildman–Crippen LogP) is 2.43. The fourth-order valence-corrected chi connectivity index (χ4v) is 1.94. The number of nitrogens with one attached hydrogen (secondary N) is 1. The number of carbonyl (C=O) groups excluding carboxylic acids is 1. The number of H-pyrrole nitrogens is 1. The van der Waals surface area contributed by atoms with Crippen molar-refractivity contribution in [1.29, 1.82) is 0 Å². The van der Waals surface area contributed by atoms with Crippen LogP contribution in [0.25, 0.3) is 11.0 Å². The third kappa shape index (κ3) is 2.24. The Labute approximate surface area is 101 Å². The zero-order valence-corrected chi connectivity index (χ0v) is 10.4. The monoisotopic (exact) mass is 282 g/mol. The van der Waals surface area contributed by atoms with Crippen LogP contribution < -0.4 is 0 Å². The summed E-state index contributed by atoms with van der Waals surface area (Å²) in [6, 6.07) is 5.83. The van der Waals surface area contributed by atoms with E-state index in [9.17, 15) is 4.79 Å². The second kappa shape index (κ2) is 4.65. The lowest BCUT2D eigenvalue weighted by molar-refractivity contribution is -0.140. The third-order valence-electron chi connectivity index (χ3n) is 2.31. The Morgan fingerprint density at radius 3 is 3.06 bits per heavy atom. The molecule has 2 rings (SSSR count). The molecule has 0 fully saturated rings. The lowest BCUT2D eigenvalue weighted by Crippen LogP contribution is -2.02. The van der Waals surface area contributed by atoms with Gasteiger partial charge in [0.15, 0.2) is 0 Å². The molecule has 0 atom stereocenters. The minimum absolute atomic E-state index is 0.223. The maximum atomic E-state index is 11.0. The van der Waals surface area contributed by atoms with Crippen LogP contribution >= 0.6 is 15.9 Å². The predicted molar refractivity (Wildman–Crippen MR) is 64.1 cm³/mol. The molecule has 0 radical (unpaired) electrons. The molecule has 0 bridgehead atoms. The van der Waals surface area contributed by atoms with Crippen molar-refractivity contribution in [2.75, 3.05) is 7.11 Å². The fourth-order valence-electron chi connectivity index (χ4n) is 1.49. The first kappa shape index (κ1) is 11.1. The highest BCUT2D eigenvalue weighted by Crippen LogP contribution is 2.21. The fraction of sp³-hybridized carbons (Fsp3) is 0.273. The van der Waals surface area contributed by atoms with Crippen LogP contribution in [0.1, 0.15) is 12.2 Å². The van der Waals surface area contributed by atoms with E-state index in [1.165, 1.54) is 7.11 Å². The summed E-state index contributed by atoms with van der Waals surface area (Å²) in [5.41, 5.74) is 1.86. The van der Waals surface area contributed by atoms with Gasteiger partial charge >= 0.3 is 5.97 Å². The van der Waals surface area contributed by atoms with Gasteiger partial charge in [-0.05, 0) is 28.1 Å². The summed E-state index contributed by atoms with van der Waals surface area (Å²) in [4.78, 5) is 18.6. The van der Waals surface area contributed by atoms with Gasteiger partial charge < -0.3 is 9.72 Å². The minimum atomic E-state index is -0.223. The third-order valence-corrected chi connectivity index (χ3v) is 2.95. The molecular weight excluding hydrogens is 272 g/mol. The van der Waals surface area contributed by atoms with Gasteiger partial charge in [-0.15, -0.1) is 0 Å². The summed E-state index contributed by atoms with van der Waals surface area (Å²) < 4.78 is 5.53. The summed E-state index contributed by atoms with van der Waals surface area (Å²) in [5, 5.41) is 0. The smallest absolute Gasteiger partial charge is 0.305 e. The van der Waals surface area contributed by atoms with Crippen molar-refractivity contribution in [3.05, 3.63) is 28.5 Å². The number of halogens is 1. The topological polar surface area (TPSA) is 55.0 Å². The summed E-state index contributed by atoms with van der Waals surface area (Å²) in [7, 11) is 1.39. The van der Waals surface area contributed by atoms with Crippen LogP contribution in [-0.2, 0) is 16.0 Å². The largest absolute Gasteiger partial charge is 0.469 e. The summed E-state index contributed by atoms with van der Waals surface area (Å²) in [6.45, 7) is 0. The van der Waals surface area contributed by atoms with Crippen molar-refractivity contribution in [2.24, 2.45) is 0 Å². The second-order valence-electron chi connectivity index (χ2n) is 3.40. The number of carbonyl (C=O) groups is 1. The van der Waals surface area contributed by atoms with Gasteiger partial charge in [-0.3, -0.25) is 4.79 Å². The number of imidazole rings is 1. The number of ether oxygens (including phenoxy) is 1. The second-order valence-corrected chi connectivity index (χ2v) is 4.25. The van der Waals surface area contributed by atoms with Gasteiger partial charge in [0.25, 0.3) is 0 Å². The first-order valence-electron chi connectivity index (χ1n) is 4.90. The molecule has 2 aromatic rings. The maximum Gasteiger partial charge on any atom is 0.305 e. The number of methoxy groups -OCH3 is 1. The number of hydrogen-bond donors (Lipinski definition) is 1. The number of esters is 1. The molecule has 4 nitrogen and oxygen atoms in total. The first-order chi connectivity index (χ1) is 7.70. The number of rotatable bonds is 3. The zero-order chi connectivity index (χ0) is 11.5. The number of nitrogens with zero attached hydrogens (tertiary/aromatic N) is 1. The average Bonchev–Trinajstić information content (AvgIpc) is 2.70. The quantitative estimate of drug-likeness (QED) is 0.880. The van der Waals surface area contributed by atoms with Crippen LogP contribution in [-0.4, -0.2) is 23.0 Å². The number of fused-ring (bicyclic) bond motifs is 1. The van der Waals surface area contributed by atoms with Crippen LogP contribution in [0, 0.1) is 0 Å². The van der Waals surface area contributed by atoms with E-state index in [1.54, 1.807) is 0 Å². The highest BCUT2D eigenvalue weighted by molar-refractivity contribution is 9.10. The zero-order valence-electron chi connectivity index (χ0n) is 8.79. The van der Waals surface area contributed by atoms with E-state index in [4.69, 9.17) is 0 Å². The SMILES string of the molecule is COC(=O)CCc1nc2c(Br)cccc2[nH]1. The highest BCUT2D eigenvalue weighted by atomic mass is 79.9. The van der Waals surface area contributed by atoms with Gasteiger partial charge in [0.2, 0.25) is 0 Å². The molecule has 1 aromatic heterocycles. The Bertz CT molecular complexity index is 522. The molecule has 0 spiro atoms. The molecule has 1 aromatic carbocycles. The summed E-state index contributed by atoms with van der Waals surface area (Å²) in [5.74, 6) is 0.576. The van der Waals surface area contributed by atoms with Gasteiger partial charge in [-0.2, -0.15) is 0 Å². The Morgan fingerprint density at radius 1 is 1.56 bits per heavy atom. The Balaban J connectivity index is 2.20. The van der Waals surface area contributed by atoms with Gasteiger partial charge in [0.05, 0.1) is 19.0 Å². The Hall–Kier alpha value is -1.36. The van der Waals surface area contributed by atoms with E-state index in [0.29, 0.717) is 12.8 Å². The summed E-state index contributed by atoms with van der Waals surface area (Å²) in [6.07, 6.45) is 0.904. The van der Waals surface area contributed by atoms with Crippen molar-refractivity contribution in [3.8, 4) is 0 Å². The van der Waals surface area contributed by atoms with Gasteiger partial charge in [-0.25, -0.2) is 4.98 Å². The van der Waals surface area contributed by atoms with Crippen molar-refractivity contribution in [3.63, 3.8) is 0 Å². The molecule has 1 N–H and O–H groups in total. The van der Waals surface area contributed by atoms with Gasteiger partial charge in [0, 0.05) is 10.9 Å². The Morgan fingerprint density at radius 2 is 2.38 bits per heavy atom. The number of aromatic nitrogens is 2. The standard InChI is InChI=1S/C11H11BrN2O2/c1-16-10(15)6-5-9-13-8-4-2-3-7(12)11(8)14-9/h2-4H,5-6H2,1H3,(H,13,14). The molecular formula is C11H11BrN2O2. The van der Waals surface area contributed by atoms with Crippen LogP contribution in [0.15, 0.2) is 22.7 Å². The molecule has 0 aliphatic carbocycles. The Kier molecular flexibility index (Phi) is 3.24. The normalized spacial score (nSPS) is 10.6. The van der Waals surface area contributed by atoms with Crippen molar-refractivity contribution in [1.82, 2.24) is 9.97 Å². The van der Waals surface area contributed by atoms with Crippen molar-refractivity contribution >= 4 is 32.9 Å². The van der Waals surface area contributed by atoms with E-state index in [-0.39, 0.29) is 5.97 Å². The highest BCUT2D eigenvalue weighted by Gasteiger charge is 2.07. The summed E-state index contributed by atoms with van der Waals surface area (Å²) >= 11 is 3.43. The molecule has 1 heterocycles. The van der Waals surface area contributed by atoms with E-state index in [1.807, 2.05) is 18.2 Å². The minimum Gasteiger partial charge on any atom is -0.469 e. The molecule has 0 saturated heterocycles. The molecule has 0 amide bonds. The maximum absolute atomic E-state index is 11.0. The van der Waals surface area contributed by atoms with Gasteiger partial charge in [0.1, 0.15) is 11.3 Å². The molecule has 0 aliphatic rings. The lowest BCUT2D eigenvalue weighted by atomic mass is 10.3. The van der Waals surface area contributed by atoms with E-state index < -0.39 is 0 Å². The van der Waals surface area contributed by atoms with Crippen LogP contribution in [0.4, 0.5) is 0 Å².